The van der Waals surface area contributed by atoms with Crippen molar-refractivity contribution in [1.29, 1.82) is 0 Å². The highest BCUT2D eigenvalue weighted by Crippen LogP contribution is 2.13. The van der Waals surface area contributed by atoms with Crippen LogP contribution < -0.4 is 11.2 Å². The van der Waals surface area contributed by atoms with E-state index in [9.17, 15) is 0 Å². The Bertz CT molecular complexity index is 239. The van der Waals surface area contributed by atoms with Gasteiger partial charge in [-0.15, -0.1) is 0 Å². The van der Waals surface area contributed by atoms with Crippen molar-refractivity contribution in [2.45, 2.75) is 0 Å². The molecule has 62 valence electrons. The standard InChI is InChI=1S/C6H13N5/c1-10(2)8-6-5(7)4-11(3)9-6/h4H,7H2,1-3H3,(H,8,9). The molecule has 5 heteroatoms. The minimum absolute atomic E-state index is 0.654. The maximum atomic E-state index is 5.62. The zero-order chi connectivity index (χ0) is 8.43. The van der Waals surface area contributed by atoms with Crippen molar-refractivity contribution in [1.82, 2.24) is 14.8 Å². The van der Waals surface area contributed by atoms with Gasteiger partial charge in [0.1, 0.15) is 0 Å². The Labute approximate surface area is 65.8 Å². The van der Waals surface area contributed by atoms with Crippen LogP contribution in [-0.2, 0) is 7.05 Å². The molecule has 1 heterocycles. The highest BCUT2D eigenvalue weighted by Gasteiger charge is 2.02. The third kappa shape index (κ3) is 1.84. The van der Waals surface area contributed by atoms with Crippen LogP contribution in [0, 0.1) is 0 Å². The van der Waals surface area contributed by atoms with Gasteiger partial charge in [0.15, 0.2) is 5.82 Å². The van der Waals surface area contributed by atoms with E-state index < -0.39 is 0 Å². The second kappa shape index (κ2) is 2.79. The Balaban J connectivity index is 2.77. The molecule has 0 saturated carbocycles. The number of hydrogen-bond donors (Lipinski definition) is 2. The van der Waals surface area contributed by atoms with E-state index in [0.29, 0.717) is 11.5 Å². The van der Waals surface area contributed by atoms with Gasteiger partial charge in [0, 0.05) is 27.3 Å². The van der Waals surface area contributed by atoms with Crippen LogP contribution in [0.15, 0.2) is 6.20 Å². The molecular weight excluding hydrogens is 142 g/mol. The number of nitrogens with zero attached hydrogens (tertiary/aromatic N) is 3. The number of aryl methyl sites for hydroxylation is 1. The zero-order valence-corrected chi connectivity index (χ0v) is 7.00. The molecule has 1 aromatic heterocycles. The fourth-order valence-corrected chi connectivity index (χ4v) is 0.805. The second-order valence-corrected chi connectivity index (χ2v) is 2.61. The summed E-state index contributed by atoms with van der Waals surface area (Å²) in [6.45, 7) is 0. The van der Waals surface area contributed by atoms with Crippen LogP contribution in [-0.4, -0.2) is 28.9 Å². The van der Waals surface area contributed by atoms with Crippen molar-refractivity contribution in [3.63, 3.8) is 0 Å². The van der Waals surface area contributed by atoms with E-state index in [2.05, 4.69) is 10.5 Å². The predicted molar refractivity (Wildman–Crippen MR) is 44.9 cm³/mol. The van der Waals surface area contributed by atoms with Crippen molar-refractivity contribution < 1.29 is 0 Å². The summed E-state index contributed by atoms with van der Waals surface area (Å²) in [7, 11) is 5.60. The predicted octanol–water partition coefficient (Wildman–Crippen LogP) is -0.109. The average Bonchev–Trinajstić information content (AvgIpc) is 2.09. The lowest BCUT2D eigenvalue weighted by atomic mass is 10.5. The summed E-state index contributed by atoms with van der Waals surface area (Å²) in [5.41, 5.74) is 9.24. The van der Waals surface area contributed by atoms with Gasteiger partial charge in [-0.3, -0.25) is 4.68 Å². The molecule has 0 aromatic carbocycles. The summed E-state index contributed by atoms with van der Waals surface area (Å²) in [6, 6.07) is 0. The molecule has 0 atom stereocenters. The summed E-state index contributed by atoms with van der Waals surface area (Å²) in [5.74, 6) is 0.692. The van der Waals surface area contributed by atoms with Crippen LogP contribution >= 0.6 is 0 Å². The van der Waals surface area contributed by atoms with Gasteiger partial charge in [-0.2, -0.15) is 5.10 Å². The molecule has 0 fully saturated rings. The fourth-order valence-electron chi connectivity index (χ4n) is 0.805. The molecule has 1 aromatic rings. The Kier molecular flexibility index (Phi) is 2.00. The molecule has 5 nitrogen and oxygen atoms in total. The Morgan fingerprint density at radius 1 is 1.64 bits per heavy atom. The quantitative estimate of drug-likeness (QED) is 0.585. The van der Waals surface area contributed by atoms with E-state index in [1.807, 2.05) is 21.1 Å². The highest BCUT2D eigenvalue weighted by atomic mass is 15.5. The second-order valence-electron chi connectivity index (χ2n) is 2.61. The summed E-state index contributed by atoms with van der Waals surface area (Å²) in [6.07, 6.45) is 1.76. The molecule has 0 radical (unpaired) electrons. The summed E-state index contributed by atoms with van der Waals surface area (Å²) < 4.78 is 1.67. The van der Waals surface area contributed by atoms with Crippen LogP contribution in [0.3, 0.4) is 0 Å². The molecule has 0 unspecified atom stereocenters. The molecule has 0 aliphatic rings. The number of hydrazine groups is 1. The molecule has 11 heavy (non-hydrogen) atoms. The number of nitrogen functional groups attached to an aromatic ring is 1. The molecule has 0 aliphatic heterocycles. The van der Waals surface area contributed by atoms with E-state index in [1.54, 1.807) is 15.9 Å². The van der Waals surface area contributed by atoms with E-state index in [0.717, 1.165) is 0 Å². The maximum Gasteiger partial charge on any atom is 0.185 e. The van der Waals surface area contributed by atoms with E-state index >= 15 is 0 Å². The van der Waals surface area contributed by atoms with Crippen LogP contribution in [0.25, 0.3) is 0 Å². The van der Waals surface area contributed by atoms with E-state index in [4.69, 9.17) is 5.73 Å². The maximum absolute atomic E-state index is 5.62. The van der Waals surface area contributed by atoms with Crippen LogP contribution in [0.5, 0.6) is 0 Å². The number of hydrogen-bond acceptors (Lipinski definition) is 4. The molecule has 3 N–H and O–H groups in total. The van der Waals surface area contributed by atoms with E-state index in [1.165, 1.54) is 0 Å². The monoisotopic (exact) mass is 155 g/mol. The number of aromatic nitrogens is 2. The normalized spacial score (nSPS) is 10.5. The largest absolute Gasteiger partial charge is 0.394 e. The SMILES string of the molecule is CN(C)Nc1nn(C)cc1N. The Morgan fingerprint density at radius 3 is 2.64 bits per heavy atom. The first kappa shape index (κ1) is 7.87. The molecule has 0 amide bonds. The first-order valence-corrected chi connectivity index (χ1v) is 3.32. The molecule has 0 bridgehead atoms. The lowest BCUT2D eigenvalue weighted by molar-refractivity contribution is 0.491. The lowest BCUT2D eigenvalue weighted by Gasteiger charge is -2.10. The van der Waals surface area contributed by atoms with Crippen molar-refractivity contribution in [3.8, 4) is 0 Å². The third-order valence-corrected chi connectivity index (χ3v) is 1.19. The van der Waals surface area contributed by atoms with Crippen molar-refractivity contribution in [3.05, 3.63) is 6.20 Å². The van der Waals surface area contributed by atoms with Gasteiger partial charge >= 0.3 is 0 Å². The third-order valence-electron chi connectivity index (χ3n) is 1.19. The van der Waals surface area contributed by atoms with Crippen LogP contribution in [0.4, 0.5) is 11.5 Å². The summed E-state index contributed by atoms with van der Waals surface area (Å²) in [4.78, 5) is 0. The molecule has 1 rings (SSSR count). The van der Waals surface area contributed by atoms with Gasteiger partial charge < -0.3 is 11.2 Å². The first-order valence-electron chi connectivity index (χ1n) is 3.32. The minimum atomic E-state index is 0.654. The number of rotatable bonds is 2. The van der Waals surface area contributed by atoms with E-state index in [-0.39, 0.29) is 0 Å². The number of anilines is 2. The number of nitrogens with one attached hydrogen (secondary N) is 1. The summed E-state index contributed by atoms with van der Waals surface area (Å²) in [5, 5.41) is 5.88. The number of nitrogens with two attached hydrogens (primary N) is 1. The molecular formula is C6H13N5. The van der Waals surface area contributed by atoms with Gasteiger partial charge in [-0.05, 0) is 0 Å². The molecule has 0 spiro atoms. The minimum Gasteiger partial charge on any atom is -0.394 e. The van der Waals surface area contributed by atoms with Crippen molar-refractivity contribution in [2.75, 3.05) is 25.3 Å². The smallest absolute Gasteiger partial charge is 0.185 e. The molecule has 0 saturated heterocycles. The van der Waals surface area contributed by atoms with Gasteiger partial charge in [-0.25, -0.2) is 5.01 Å². The zero-order valence-electron chi connectivity index (χ0n) is 7.00. The van der Waals surface area contributed by atoms with Gasteiger partial charge in [0.05, 0.1) is 5.69 Å². The van der Waals surface area contributed by atoms with Gasteiger partial charge in [0.25, 0.3) is 0 Å². The van der Waals surface area contributed by atoms with Crippen LogP contribution in [0.1, 0.15) is 0 Å². The lowest BCUT2D eigenvalue weighted by Crippen LogP contribution is -2.20. The highest BCUT2D eigenvalue weighted by molar-refractivity contribution is 5.59. The first-order chi connectivity index (χ1) is 5.09. The fraction of sp³-hybridized carbons (Fsp3) is 0.500. The topological polar surface area (TPSA) is 59.1 Å². The van der Waals surface area contributed by atoms with Gasteiger partial charge in [0.2, 0.25) is 0 Å². The van der Waals surface area contributed by atoms with Crippen molar-refractivity contribution in [2.24, 2.45) is 7.05 Å². The average molecular weight is 155 g/mol. The Hall–Kier alpha value is -1.23. The summed E-state index contributed by atoms with van der Waals surface area (Å²) >= 11 is 0. The van der Waals surface area contributed by atoms with Crippen LogP contribution in [0.2, 0.25) is 0 Å². The Morgan fingerprint density at radius 2 is 2.27 bits per heavy atom. The molecule has 0 aliphatic carbocycles. The van der Waals surface area contributed by atoms with Gasteiger partial charge in [-0.1, -0.05) is 0 Å². The van der Waals surface area contributed by atoms with Crippen molar-refractivity contribution >= 4 is 11.5 Å².